The highest BCUT2D eigenvalue weighted by atomic mass is 35.5. The minimum absolute atomic E-state index is 0.0892. The Morgan fingerprint density at radius 2 is 1.90 bits per heavy atom. The molecule has 0 atom stereocenters. The van der Waals surface area contributed by atoms with Crippen LogP contribution in [0.1, 0.15) is 17.5 Å². The third kappa shape index (κ3) is 4.39. The fourth-order valence-corrected chi connectivity index (χ4v) is 2.00. The van der Waals surface area contributed by atoms with E-state index in [-0.39, 0.29) is 11.6 Å². The maximum atomic E-state index is 13.8. The van der Waals surface area contributed by atoms with Crippen LogP contribution in [0, 0.1) is 17.7 Å². The summed E-state index contributed by atoms with van der Waals surface area (Å²) >= 11 is 11.3. The van der Waals surface area contributed by atoms with Crippen molar-refractivity contribution in [1.82, 2.24) is 0 Å². The first-order chi connectivity index (χ1) is 10.2. The molecule has 2 rings (SSSR count). The summed E-state index contributed by atoms with van der Waals surface area (Å²) in [5.41, 5.74) is 1.16. The van der Waals surface area contributed by atoms with Gasteiger partial charge in [0.05, 0.1) is 10.6 Å². The molecule has 0 aliphatic carbocycles. The van der Waals surface area contributed by atoms with Gasteiger partial charge in [0.15, 0.2) is 0 Å². The highest BCUT2D eigenvalue weighted by Gasteiger charge is 2.07. The number of ether oxygens (including phenoxy) is 1. The molecule has 2 aromatic carbocycles. The van der Waals surface area contributed by atoms with E-state index in [1.54, 1.807) is 18.2 Å². The van der Waals surface area contributed by atoms with E-state index in [9.17, 15) is 4.39 Å². The molecule has 0 N–H and O–H groups in total. The largest absolute Gasteiger partial charge is 0.487 e. The molecule has 0 unspecified atom stereocenters. The Kier molecular flexibility index (Phi) is 5.92. The van der Waals surface area contributed by atoms with Gasteiger partial charge >= 0.3 is 0 Å². The Balaban J connectivity index is 2.14. The van der Waals surface area contributed by atoms with Crippen LogP contribution >= 0.6 is 23.2 Å². The smallest absolute Gasteiger partial charge is 0.148 e. The number of rotatable bonds is 4. The lowest BCUT2D eigenvalue weighted by Gasteiger charge is -2.09. The van der Waals surface area contributed by atoms with E-state index < -0.39 is 5.82 Å². The molecule has 21 heavy (non-hydrogen) atoms. The highest BCUT2D eigenvalue weighted by molar-refractivity contribution is 6.30. The molecule has 0 spiro atoms. The molecule has 1 nitrogen and oxygen atoms in total. The van der Waals surface area contributed by atoms with Crippen molar-refractivity contribution in [2.75, 3.05) is 5.88 Å². The fraction of sp³-hybridized carbons (Fsp3) is 0.176. The van der Waals surface area contributed by atoms with Gasteiger partial charge in [-0.25, -0.2) is 4.39 Å². The van der Waals surface area contributed by atoms with Gasteiger partial charge < -0.3 is 4.74 Å². The number of halogens is 3. The van der Waals surface area contributed by atoms with E-state index in [1.165, 1.54) is 6.07 Å². The van der Waals surface area contributed by atoms with E-state index in [0.717, 1.165) is 5.56 Å². The summed E-state index contributed by atoms with van der Waals surface area (Å²) in [6, 6.07) is 12.2. The summed E-state index contributed by atoms with van der Waals surface area (Å²) in [6.07, 6.45) is 0.610. The number of alkyl halides is 1. The first kappa shape index (κ1) is 15.7. The maximum Gasteiger partial charge on any atom is 0.148 e. The zero-order valence-electron chi connectivity index (χ0n) is 11.2. The Labute approximate surface area is 133 Å². The lowest BCUT2D eigenvalue weighted by atomic mass is 10.2. The Hall–Kier alpha value is -1.69. The predicted octanol–water partition coefficient (Wildman–Crippen LogP) is 5.04. The molecule has 4 heteroatoms. The summed E-state index contributed by atoms with van der Waals surface area (Å²) in [5.74, 6) is 6.60. The van der Waals surface area contributed by atoms with Crippen LogP contribution < -0.4 is 4.74 Å². The molecule has 0 radical (unpaired) electrons. The van der Waals surface area contributed by atoms with Gasteiger partial charge in [0.2, 0.25) is 0 Å². The van der Waals surface area contributed by atoms with Gasteiger partial charge in [-0.3, -0.25) is 0 Å². The number of para-hydroxylation sites is 1. The van der Waals surface area contributed by atoms with Crippen molar-refractivity contribution in [2.24, 2.45) is 0 Å². The summed E-state index contributed by atoms with van der Waals surface area (Å²) < 4.78 is 19.5. The fourth-order valence-electron chi connectivity index (χ4n) is 1.72. The first-order valence-electron chi connectivity index (χ1n) is 6.42. The quantitative estimate of drug-likeness (QED) is 0.566. The lowest BCUT2D eigenvalue weighted by Crippen LogP contribution is -2.00. The molecule has 0 amide bonds. The van der Waals surface area contributed by atoms with Crippen molar-refractivity contribution in [3.05, 3.63) is 64.4 Å². The second kappa shape index (κ2) is 7.93. The van der Waals surface area contributed by atoms with Crippen LogP contribution in [0.25, 0.3) is 0 Å². The molecule has 108 valence electrons. The number of hydrogen-bond donors (Lipinski definition) is 0. The molecule has 0 aliphatic rings. The van der Waals surface area contributed by atoms with E-state index in [1.807, 2.05) is 18.2 Å². The van der Waals surface area contributed by atoms with Gasteiger partial charge in [-0.2, -0.15) is 0 Å². The minimum Gasteiger partial charge on any atom is -0.487 e. The minimum atomic E-state index is -0.454. The van der Waals surface area contributed by atoms with Crippen molar-refractivity contribution < 1.29 is 9.13 Å². The van der Waals surface area contributed by atoms with Gasteiger partial charge in [-0.05, 0) is 18.2 Å². The van der Waals surface area contributed by atoms with E-state index in [2.05, 4.69) is 11.8 Å². The second-order valence-electron chi connectivity index (χ2n) is 4.24. The summed E-state index contributed by atoms with van der Waals surface area (Å²) in [4.78, 5) is 0. The molecule has 2 aromatic rings. The van der Waals surface area contributed by atoms with Crippen LogP contribution in [0.4, 0.5) is 4.39 Å². The van der Waals surface area contributed by atoms with Crippen molar-refractivity contribution in [3.8, 4) is 17.6 Å². The number of hydrogen-bond acceptors (Lipinski definition) is 1. The zero-order chi connectivity index (χ0) is 15.1. The Morgan fingerprint density at radius 3 is 2.71 bits per heavy atom. The Morgan fingerprint density at radius 1 is 1.10 bits per heavy atom. The summed E-state index contributed by atoms with van der Waals surface area (Å²) in [6.45, 7) is 0.0978. The first-order valence-corrected chi connectivity index (χ1v) is 7.33. The van der Waals surface area contributed by atoms with Gasteiger partial charge in [0.25, 0.3) is 0 Å². The normalized spacial score (nSPS) is 9.86. The molecule has 0 saturated carbocycles. The van der Waals surface area contributed by atoms with Gasteiger partial charge in [-0.15, -0.1) is 11.6 Å². The highest BCUT2D eigenvalue weighted by Crippen LogP contribution is 2.22. The van der Waals surface area contributed by atoms with E-state index in [0.29, 0.717) is 23.6 Å². The zero-order valence-corrected chi connectivity index (χ0v) is 12.7. The maximum absolute atomic E-state index is 13.8. The second-order valence-corrected chi connectivity index (χ2v) is 5.02. The predicted molar refractivity (Wildman–Crippen MR) is 84.4 cm³/mol. The molecule has 0 saturated heterocycles. The summed E-state index contributed by atoms with van der Waals surface area (Å²) in [5, 5.41) is 0.0892. The lowest BCUT2D eigenvalue weighted by molar-refractivity contribution is 0.299. The van der Waals surface area contributed by atoms with Gasteiger partial charge in [0, 0.05) is 17.9 Å². The van der Waals surface area contributed by atoms with Crippen LogP contribution in [0.2, 0.25) is 5.02 Å². The third-order valence-corrected chi connectivity index (χ3v) is 3.23. The van der Waals surface area contributed by atoms with Crippen LogP contribution in [-0.4, -0.2) is 5.88 Å². The molecule has 0 aromatic heterocycles. The molecule has 0 bridgehead atoms. The molecule has 0 fully saturated rings. The number of benzene rings is 2. The topological polar surface area (TPSA) is 9.23 Å². The monoisotopic (exact) mass is 322 g/mol. The molecular weight excluding hydrogens is 310 g/mol. The van der Waals surface area contributed by atoms with Crippen molar-refractivity contribution in [1.29, 1.82) is 0 Å². The molecule has 0 heterocycles. The van der Waals surface area contributed by atoms with Crippen molar-refractivity contribution >= 4 is 23.2 Å². The molecule has 0 aliphatic heterocycles. The van der Waals surface area contributed by atoms with Gasteiger partial charge in [-0.1, -0.05) is 47.7 Å². The van der Waals surface area contributed by atoms with E-state index >= 15 is 0 Å². The third-order valence-electron chi connectivity index (χ3n) is 2.74. The average molecular weight is 323 g/mol. The van der Waals surface area contributed by atoms with Crippen LogP contribution in [-0.2, 0) is 6.61 Å². The van der Waals surface area contributed by atoms with Crippen LogP contribution in [0.3, 0.4) is 0 Å². The van der Waals surface area contributed by atoms with E-state index in [4.69, 9.17) is 27.9 Å². The Bertz CT molecular complexity index is 674. The standard InChI is InChI=1S/C17H13Cl2FO/c18-11-4-3-7-13-6-1-2-10-16(13)21-12-14-8-5-9-15(19)17(14)20/h1-2,5-6,8-10H,4,11-12H2. The SMILES string of the molecule is Fc1c(Cl)cccc1COc1ccccc1C#CCCCl. The van der Waals surface area contributed by atoms with Crippen LogP contribution in [0.5, 0.6) is 5.75 Å². The van der Waals surface area contributed by atoms with Crippen LogP contribution in [0.15, 0.2) is 42.5 Å². The summed E-state index contributed by atoms with van der Waals surface area (Å²) in [7, 11) is 0. The van der Waals surface area contributed by atoms with Crippen molar-refractivity contribution in [3.63, 3.8) is 0 Å². The average Bonchev–Trinajstić information content (AvgIpc) is 2.50. The van der Waals surface area contributed by atoms with Gasteiger partial charge in [0.1, 0.15) is 18.2 Å². The van der Waals surface area contributed by atoms with Crippen molar-refractivity contribution in [2.45, 2.75) is 13.0 Å². The molecular formula is C17H13Cl2FO.